The molecule has 0 unspecified atom stereocenters. The van der Waals surface area contributed by atoms with E-state index in [4.69, 9.17) is 5.73 Å². The number of benzene rings is 1. The number of nitrogens with two attached hydrogens (primary N) is 1. The van der Waals surface area contributed by atoms with Crippen LogP contribution in [0.4, 0.5) is 8.78 Å². The highest BCUT2D eigenvalue weighted by molar-refractivity contribution is 5.22. The molecule has 0 spiro atoms. The van der Waals surface area contributed by atoms with Crippen molar-refractivity contribution in [1.82, 2.24) is 0 Å². The Balaban J connectivity index is 1.98. The molecule has 0 aromatic heterocycles. The number of hydrogen-bond donors (Lipinski definition) is 1. The van der Waals surface area contributed by atoms with Gasteiger partial charge >= 0.3 is 0 Å². The highest BCUT2D eigenvalue weighted by Gasteiger charge is 2.22. The van der Waals surface area contributed by atoms with Crippen molar-refractivity contribution < 1.29 is 8.78 Å². The molecule has 1 nitrogen and oxygen atoms in total. The fourth-order valence-electron chi connectivity index (χ4n) is 2.79. The van der Waals surface area contributed by atoms with Crippen LogP contribution in [0.25, 0.3) is 0 Å². The van der Waals surface area contributed by atoms with Crippen molar-refractivity contribution in [3.63, 3.8) is 0 Å². The molecule has 1 aromatic rings. The molecule has 3 heteroatoms. The van der Waals surface area contributed by atoms with Crippen molar-refractivity contribution >= 4 is 0 Å². The summed E-state index contributed by atoms with van der Waals surface area (Å²) in [5.41, 5.74) is 6.49. The van der Waals surface area contributed by atoms with Crippen molar-refractivity contribution in [2.24, 2.45) is 11.7 Å². The maximum atomic E-state index is 13.1. The van der Waals surface area contributed by atoms with Gasteiger partial charge < -0.3 is 5.73 Å². The summed E-state index contributed by atoms with van der Waals surface area (Å²) in [5, 5.41) is 0. The molecule has 0 bridgehead atoms. The Hall–Kier alpha value is -0.960. The lowest BCUT2D eigenvalue weighted by Crippen LogP contribution is -2.16. The molecule has 1 aliphatic carbocycles. The Labute approximate surface area is 101 Å². The maximum absolute atomic E-state index is 13.1. The summed E-state index contributed by atoms with van der Waals surface area (Å²) < 4.78 is 26.0. The van der Waals surface area contributed by atoms with Crippen LogP contribution >= 0.6 is 0 Å². The number of hydrogen-bond acceptors (Lipinski definition) is 1. The minimum atomic E-state index is -0.759. The second-order valence-corrected chi connectivity index (χ2v) is 4.97. The molecule has 2 rings (SSSR count). The molecular weight excluding hydrogens is 220 g/mol. The average Bonchev–Trinajstić information content (AvgIpc) is 2.34. The van der Waals surface area contributed by atoms with Crippen LogP contribution in [0.2, 0.25) is 0 Å². The zero-order chi connectivity index (χ0) is 12.3. The first-order valence-corrected chi connectivity index (χ1v) is 6.35. The molecule has 94 valence electrons. The molecular formula is C14H19F2N. The highest BCUT2D eigenvalue weighted by Crippen LogP contribution is 2.37. The van der Waals surface area contributed by atoms with Gasteiger partial charge in [0.05, 0.1) is 0 Å². The number of rotatable bonds is 3. The summed E-state index contributed by atoms with van der Waals surface area (Å²) in [7, 11) is 0. The second-order valence-electron chi connectivity index (χ2n) is 4.97. The first-order valence-electron chi connectivity index (χ1n) is 6.35. The van der Waals surface area contributed by atoms with Gasteiger partial charge in [0, 0.05) is 0 Å². The third-order valence-corrected chi connectivity index (χ3v) is 3.84. The van der Waals surface area contributed by atoms with Crippen LogP contribution in [0, 0.1) is 17.6 Å². The predicted molar refractivity (Wildman–Crippen MR) is 64.7 cm³/mol. The van der Waals surface area contributed by atoms with Gasteiger partial charge in [-0.1, -0.05) is 6.07 Å². The SMILES string of the molecule is NCCC1CCC(c2ccc(F)c(F)c2)CC1. The lowest BCUT2D eigenvalue weighted by molar-refractivity contribution is 0.313. The summed E-state index contributed by atoms with van der Waals surface area (Å²) >= 11 is 0. The fraction of sp³-hybridized carbons (Fsp3) is 0.571. The van der Waals surface area contributed by atoms with Crippen LogP contribution in [0.15, 0.2) is 18.2 Å². The van der Waals surface area contributed by atoms with Crippen LogP contribution in [0.1, 0.15) is 43.6 Å². The quantitative estimate of drug-likeness (QED) is 0.857. The summed E-state index contributed by atoms with van der Waals surface area (Å²) in [6, 6.07) is 4.30. The van der Waals surface area contributed by atoms with E-state index in [1.54, 1.807) is 6.07 Å². The van der Waals surface area contributed by atoms with Crippen LogP contribution in [-0.4, -0.2) is 6.54 Å². The topological polar surface area (TPSA) is 26.0 Å². The zero-order valence-electron chi connectivity index (χ0n) is 9.96. The Morgan fingerprint density at radius 1 is 1.06 bits per heavy atom. The second kappa shape index (κ2) is 5.58. The summed E-state index contributed by atoms with van der Waals surface area (Å²) in [4.78, 5) is 0. The van der Waals surface area contributed by atoms with E-state index in [2.05, 4.69) is 0 Å². The van der Waals surface area contributed by atoms with Gasteiger partial charge in [0.25, 0.3) is 0 Å². The van der Waals surface area contributed by atoms with Gasteiger partial charge in [-0.3, -0.25) is 0 Å². The van der Waals surface area contributed by atoms with Crippen LogP contribution < -0.4 is 5.73 Å². The molecule has 0 amide bonds. The summed E-state index contributed by atoms with van der Waals surface area (Å²) in [6.07, 6.45) is 5.53. The van der Waals surface area contributed by atoms with Crippen molar-refractivity contribution in [2.75, 3.05) is 6.54 Å². The smallest absolute Gasteiger partial charge is 0.159 e. The molecule has 0 radical (unpaired) electrons. The Bertz CT molecular complexity index is 370. The van der Waals surface area contributed by atoms with E-state index in [0.29, 0.717) is 5.92 Å². The van der Waals surface area contributed by atoms with Crippen molar-refractivity contribution in [3.8, 4) is 0 Å². The van der Waals surface area contributed by atoms with E-state index < -0.39 is 11.6 Å². The Morgan fingerprint density at radius 2 is 1.76 bits per heavy atom. The molecule has 2 N–H and O–H groups in total. The first-order chi connectivity index (χ1) is 8.20. The summed E-state index contributed by atoms with van der Waals surface area (Å²) in [5.74, 6) is -0.377. The molecule has 0 aliphatic heterocycles. The van der Waals surface area contributed by atoms with E-state index >= 15 is 0 Å². The van der Waals surface area contributed by atoms with Gasteiger partial charge in [-0.05, 0) is 68.2 Å². The van der Waals surface area contributed by atoms with Gasteiger partial charge in [0.15, 0.2) is 11.6 Å². The monoisotopic (exact) mass is 239 g/mol. The minimum absolute atomic E-state index is 0.388. The number of halogens is 2. The molecule has 1 aromatic carbocycles. The van der Waals surface area contributed by atoms with E-state index in [0.717, 1.165) is 50.1 Å². The largest absolute Gasteiger partial charge is 0.330 e. The standard InChI is InChI=1S/C14H19F2N/c15-13-6-5-12(9-14(13)16)11-3-1-10(2-4-11)7-8-17/h5-6,9-11H,1-4,7-8,17H2. The van der Waals surface area contributed by atoms with Crippen molar-refractivity contribution in [3.05, 3.63) is 35.4 Å². The lowest BCUT2D eigenvalue weighted by Gasteiger charge is -2.28. The van der Waals surface area contributed by atoms with E-state index in [-0.39, 0.29) is 0 Å². The zero-order valence-corrected chi connectivity index (χ0v) is 9.96. The van der Waals surface area contributed by atoms with Crippen LogP contribution in [0.5, 0.6) is 0 Å². The molecule has 1 saturated carbocycles. The third kappa shape index (κ3) is 3.03. The molecule has 0 atom stereocenters. The maximum Gasteiger partial charge on any atom is 0.159 e. The molecule has 1 fully saturated rings. The normalized spacial score (nSPS) is 24.9. The average molecular weight is 239 g/mol. The lowest BCUT2D eigenvalue weighted by atomic mass is 9.77. The Morgan fingerprint density at radius 3 is 2.35 bits per heavy atom. The predicted octanol–water partition coefficient (Wildman–Crippen LogP) is 3.59. The Kier molecular flexibility index (Phi) is 4.11. The molecule has 17 heavy (non-hydrogen) atoms. The molecule has 0 saturated heterocycles. The fourth-order valence-corrected chi connectivity index (χ4v) is 2.79. The third-order valence-electron chi connectivity index (χ3n) is 3.84. The molecule has 1 aliphatic rings. The van der Waals surface area contributed by atoms with Gasteiger partial charge in [0.2, 0.25) is 0 Å². The van der Waals surface area contributed by atoms with E-state index in [1.807, 2.05) is 0 Å². The van der Waals surface area contributed by atoms with Crippen LogP contribution in [0.3, 0.4) is 0 Å². The van der Waals surface area contributed by atoms with Crippen molar-refractivity contribution in [1.29, 1.82) is 0 Å². The first kappa shape index (κ1) is 12.5. The van der Waals surface area contributed by atoms with Crippen LogP contribution in [-0.2, 0) is 0 Å². The summed E-state index contributed by atoms with van der Waals surface area (Å²) in [6.45, 7) is 0.751. The van der Waals surface area contributed by atoms with Gasteiger partial charge in [-0.25, -0.2) is 8.78 Å². The van der Waals surface area contributed by atoms with Gasteiger partial charge in [-0.15, -0.1) is 0 Å². The van der Waals surface area contributed by atoms with Crippen molar-refractivity contribution in [2.45, 2.75) is 38.0 Å². The van der Waals surface area contributed by atoms with Gasteiger partial charge in [0.1, 0.15) is 0 Å². The van der Waals surface area contributed by atoms with E-state index in [9.17, 15) is 8.78 Å². The molecule has 0 heterocycles. The minimum Gasteiger partial charge on any atom is -0.330 e. The highest BCUT2D eigenvalue weighted by atomic mass is 19.2. The van der Waals surface area contributed by atoms with E-state index in [1.165, 1.54) is 12.1 Å². The van der Waals surface area contributed by atoms with Gasteiger partial charge in [-0.2, -0.15) is 0 Å².